The summed E-state index contributed by atoms with van der Waals surface area (Å²) >= 11 is 2.34. The summed E-state index contributed by atoms with van der Waals surface area (Å²) in [6, 6.07) is -2.12. The van der Waals surface area contributed by atoms with Crippen molar-refractivity contribution < 1.29 is 43.0 Å². The number of β-lactam (4-membered cyclic amide) rings is 1. The number of ether oxygens (including phenoxy) is 4. The third-order valence-corrected chi connectivity index (χ3v) is 6.82. The maximum Gasteiger partial charge on any atom is 0.511 e. The van der Waals surface area contributed by atoms with E-state index in [2.05, 4.69) is 15.5 Å². The van der Waals surface area contributed by atoms with Gasteiger partial charge in [0.25, 0.3) is 5.91 Å². The van der Waals surface area contributed by atoms with Crippen LogP contribution in [0.3, 0.4) is 0 Å². The number of nitrogens with zero attached hydrogens (tertiary/aromatic N) is 3. The summed E-state index contributed by atoms with van der Waals surface area (Å²) in [5, 5.41) is 9.13. The number of thioether (sulfide) groups is 1. The Morgan fingerprint density at radius 1 is 1.22 bits per heavy atom. The average molecular weight is 558 g/mol. The smallest absolute Gasteiger partial charge is 0.431 e. The lowest BCUT2D eigenvalue weighted by molar-refractivity contribution is -0.179. The number of aromatic nitrogens is 1. The van der Waals surface area contributed by atoms with Crippen LogP contribution >= 0.6 is 23.1 Å². The molecule has 37 heavy (non-hydrogen) atoms. The lowest BCUT2D eigenvalue weighted by Crippen LogP contribution is -2.74. The van der Waals surface area contributed by atoms with Crippen molar-refractivity contribution in [3.05, 3.63) is 22.1 Å². The molecule has 3 rings (SSSR count). The molecule has 0 spiro atoms. The molecule has 1 aromatic heterocycles. The summed E-state index contributed by atoms with van der Waals surface area (Å²) in [4.78, 5) is 60.8. The van der Waals surface area contributed by atoms with Gasteiger partial charge in [0.15, 0.2) is 16.9 Å². The number of hydrogen-bond donors (Lipinski definition) is 2. The van der Waals surface area contributed by atoms with Gasteiger partial charge in [-0.1, -0.05) is 5.16 Å². The zero-order valence-corrected chi connectivity index (χ0v) is 22.3. The largest absolute Gasteiger partial charge is 0.511 e. The van der Waals surface area contributed by atoms with Gasteiger partial charge in [-0.25, -0.2) is 14.6 Å². The molecule has 1 saturated heterocycles. The topological polar surface area (TPSA) is 181 Å². The van der Waals surface area contributed by atoms with Crippen molar-refractivity contribution in [3.8, 4) is 0 Å². The second-order valence-corrected chi connectivity index (χ2v) is 9.86. The lowest BCUT2D eigenvalue weighted by Gasteiger charge is -2.51. The molecule has 0 radical (unpaired) electrons. The van der Waals surface area contributed by atoms with Crippen molar-refractivity contribution in [1.29, 1.82) is 0 Å². The zero-order valence-electron chi connectivity index (χ0n) is 20.7. The van der Waals surface area contributed by atoms with E-state index in [1.807, 2.05) is 0 Å². The van der Waals surface area contributed by atoms with Crippen LogP contribution < -0.4 is 11.1 Å². The van der Waals surface area contributed by atoms with Crippen molar-refractivity contribution in [3.63, 3.8) is 0 Å². The van der Waals surface area contributed by atoms with Crippen molar-refractivity contribution >= 4 is 57.9 Å². The van der Waals surface area contributed by atoms with Gasteiger partial charge in [-0.3, -0.25) is 9.59 Å². The quantitative estimate of drug-likeness (QED) is 0.136. The summed E-state index contributed by atoms with van der Waals surface area (Å²) in [6.45, 7) is 4.67. The first-order valence-electron chi connectivity index (χ1n) is 10.9. The van der Waals surface area contributed by atoms with E-state index in [0.717, 1.165) is 11.3 Å². The SMILES string of the molecule is COCC1=CS[C@@H]2[C@H](NC(=O)/C(=N\OC)c3csc(N)n3)C(=O)N2C1C(=O)O[C@@H](C)OC(=O)OC(C)C. The Kier molecular flexibility index (Phi) is 9.34. The minimum absolute atomic E-state index is 0.0425. The fraction of sp³-hybridized carbons (Fsp3) is 0.524. The number of rotatable bonds is 10. The Morgan fingerprint density at radius 3 is 2.54 bits per heavy atom. The van der Waals surface area contributed by atoms with Crippen molar-refractivity contribution in [2.45, 2.75) is 50.6 Å². The number of nitrogen functional groups attached to an aromatic ring is 1. The van der Waals surface area contributed by atoms with E-state index in [0.29, 0.717) is 5.57 Å². The number of nitrogens with two attached hydrogens (primary N) is 1. The second kappa shape index (κ2) is 12.2. The number of hydrogen-bond acceptors (Lipinski definition) is 14. The molecule has 4 atom stereocenters. The maximum absolute atomic E-state index is 13.1. The standard InChI is InChI=1S/C21H27N5O9S2/c1-9(2)33-21(30)35-10(3)34-19(29)15-11(6-31-4)7-36-18-14(17(28)26(15)18)24-16(27)13(25-32-5)12-8-37-20(22)23-12/h7-10,14-15,18H,6H2,1-5H3,(H2,22,23)(H,24,27)/b25-13-/t10-,14-,15?,18-/m1/s1. The van der Waals surface area contributed by atoms with Crippen molar-refractivity contribution in [1.82, 2.24) is 15.2 Å². The molecule has 2 aliphatic heterocycles. The van der Waals surface area contributed by atoms with Crippen LogP contribution in [0.2, 0.25) is 0 Å². The van der Waals surface area contributed by atoms with Crippen LogP contribution in [-0.2, 0) is 38.2 Å². The summed E-state index contributed by atoms with van der Waals surface area (Å²) < 4.78 is 20.2. The summed E-state index contributed by atoms with van der Waals surface area (Å²) in [7, 11) is 2.71. The van der Waals surface area contributed by atoms with Gasteiger partial charge < -0.3 is 39.7 Å². The van der Waals surface area contributed by atoms with Gasteiger partial charge in [0.05, 0.1) is 12.7 Å². The Morgan fingerprint density at radius 2 is 1.95 bits per heavy atom. The molecule has 0 bridgehead atoms. The van der Waals surface area contributed by atoms with Crippen molar-refractivity contribution in [2.75, 3.05) is 26.6 Å². The monoisotopic (exact) mass is 557 g/mol. The number of oxime groups is 1. The van der Waals surface area contributed by atoms with E-state index >= 15 is 0 Å². The van der Waals surface area contributed by atoms with Crippen LogP contribution in [0.1, 0.15) is 26.5 Å². The third-order valence-electron chi connectivity index (χ3n) is 4.93. The molecule has 1 aromatic rings. The van der Waals surface area contributed by atoms with Crippen LogP contribution in [0.15, 0.2) is 21.5 Å². The minimum Gasteiger partial charge on any atom is -0.431 e. The number of methoxy groups -OCH3 is 1. The van der Waals surface area contributed by atoms with E-state index in [9.17, 15) is 19.2 Å². The number of esters is 1. The first-order chi connectivity index (χ1) is 17.6. The second-order valence-electron chi connectivity index (χ2n) is 7.98. The lowest BCUT2D eigenvalue weighted by atomic mass is 9.98. The molecule has 0 aliphatic carbocycles. The Bertz CT molecular complexity index is 1110. The first kappa shape index (κ1) is 28.2. The highest BCUT2D eigenvalue weighted by Crippen LogP contribution is 2.40. The molecule has 14 nitrogen and oxygen atoms in total. The van der Waals surface area contributed by atoms with Gasteiger partial charge in [-0.2, -0.15) is 0 Å². The summed E-state index contributed by atoms with van der Waals surface area (Å²) in [5.41, 5.74) is 6.14. The fourth-order valence-corrected chi connectivity index (χ4v) is 5.25. The molecule has 3 N–H and O–H groups in total. The Labute approximate surface area is 220 Å². The molecule has 16 heteroatoms. The van der Waals surface area contributed by atoms with E-state index in [-0.39, 0.29) is 23.1 Å². The number of anilines is 1. The van der Waals surface area contributed by atoms with Crippen LogP contribution in [0.4, 0.5) is 9.93 Å². The highest BCUT2D eigenvalue weighted by atomic mass is 32.2. The number of thiazole rings is 1. The number of fused-ring (bicyclic) bond motifs is 1. The predicted octanol–water partition coefficient (Wildman–Crippen LogP) is 0.825. The summed E-state index contributed by atoms with van der Waals surface area (Å²) in [5.74, 6) is -2.07. The predicted molar refractivity (Wildman–Crippen MR) is 132 cm³/mol. The van der Waals surface area contributed by atoms with Crippen LogP contribution in [0.5, 0.6) is 0 Å². The molecule has 2 amide bonds. The fourth-order valence-electron chi connectivity index (χ4n) is 3.49. The number of nitrogens with one attached hydrogen (secondary N) is 1. The van der Waals surface area contributed by atoms with E-state index in [4.69, 9.17) is 29.5 Å². The van der Waals surface area contributed by atoms with E-state index < -0.39 is 53.8 Å². The van der Waals surface area contributed by atoms with Gasteiger partial charge in [0, 0.05) is 19.4 Å². The molecule has 2 aliphatic rings. The number of carbonyl (C=O) groups is 4. The normalized spacial score (nSPS) is 21.8. The molecular weight excluding hydrogens is 530 g/mol. The van der Waals surface area contributed by atoms with Gasteiger partial charge >= 0.3 is 12.1 Å². The first-order valence-corrected chi connectivity index (χ1v) is 12.8. The summed E-state index contributed by atoms with van der Waals surface area (Å²) in [6.07, 6.45) is -2.70. The average Bonchev–Trinajstić information content (AvgIpc) is 3.25. The maximum atomic E-state index is 13.1. The highest BCUT2D eigenvalue weighted by molar-refractivity contribution is 8.03. The molecule has 3 heterocycles. The minimum atomic E-state index is -1.28. The van der Waals surface area contributed by atoms with E-state index in [1.165, 1.54) is 43.2 Å². The highest BCUT2D eigenvalue weighted by Gasteiger charge is 2.56. The van der Waals surface area contributed by atoms with E-state index in [1.54, 1.807) is 19.3 Å². The molecule has 0 aromatic carbocycles. The molecule has 0 saturated carbocycles. The molecule has 202 valence electrons. The van der Waals surface area contributed by atoms with Crippen LogP contribution in [0.25, 0.3) is 0 Å². The molecule has 1 fully saturated rings. The molecule has 1 unspecified atom stereocenters. The van der Waals surface area contributed by atoms with Crippen LogP contribution in [0, 0.1) is 0 Å². The molecular formula is C21H27N5O9S2. The Balaban J connectivity index is 1.73. The zero-order chi connectivity index (χ0) is 27.3. The van der Waals surface area contributed by atoms with Crippen molar-refractivity contribution in [2.24, 2.45) is 5.16 Å². The van der Waals surface area contributed by atoms with Crippen LogP contribution in [-0.4, -0.2) is 90.2 Å². The Hall–Kier alpha value is -3.37. The van der Waals surface area contributed by atoms with Gasteiger partial charge in [-0.15, -0.1) is 23.1 Å². The van der Waals surface area contributed by atoms with Gasteiger partial charge in [-0.05, 0) is 24.8 Å². The number of amides is 2. The van der Waals surface area contributed by atoms with Gasteiger partial charge in [0.2, 0.25) is 12.2 Å². The van der Waals surface area contributed by atoms with Gasteiger partial charge in [0.1, 0.15) is 24.2 Å². The number of carbonyl (C=O) groups excluding carboxylic acids is 4. The third kappa shape index (κ3) is 6.50.